The van der Waals surface area contributed by atoms with E-state index >= 15 is 0 Å². The van der Waals surface area contributed by atoms with Gasteiger partial charge >= 0.3 is 0 Å². The van der Waals surface area contributed by atoms with Crippen molar-refractivity contribution in [3.05, 3.63) is 77.9 Å². The Morgan fingerprint density at radius 2 is 1.33 bits per heavy atom. The molecule has 0 fully saturated rings. The van der Waals surface area contributed by atoms with E-state index in [0.717, 1.165) is 5.56 Å². The Labute approximate surface area is 208 Å². The fourth-order valence-electron chi connectivity index (χ4n) is 3.10. The maximum atomic E-state index is 12.4. The summed E-state index contributed by atoms with van der Waals surface area (Å²) in [5, 5.41) is 2.71. The largest absolute Gasteiger partial charge is 0.495 e. The van der Waals surface area contributed by atoms with Crippen molar-refractivity contribution in [1.82, 2.24) is 10.9 Å². The van der Waals surface area contributed by atoms with Crippen LogP contribution in [0.5, 0.6) is 23.0 Å². The normalized spacial score (nSPS) is 10.1. The molecule has 3 N–H and O–H groups in total. The highest BCUT2D eigenvalue weighted by Gasteiger charge is 2.14. The first-order valence-corrected chi connectivity index (χ1v) is 10.9. The zero-order valence-electron chi connectivity index (χ0n) is 20.1. The first kappa shape index (κ1) is 25.9. The number of benzene rings is 3. The van der Waals surface area contributed by atoms with Gasteiger partial charge in [-0.15, -0.1) is 0 Å². The number of aryl methyl sites for hydroxylation is 1. The lowest BCUT2D eigenvalue weighted by Gasteiger charge is -2.14. The molecule has 0 bridgehead atoms. The number of hydrazine groups is 1. The molecule has 0 saturated carbocycles. The molecular weight excluding hydrogens is 466 g/mol. The van der Waals surface area contributed by atoms with Gasteiger partial charge in [-0.05, 0) is 48.9 Å². The summed E-state index contributed by atoms with van der Waals surface area (Å²) < 4.78 is 21.5. The summed E-state index contributed by atoms with van der Waals surface area (Å²) in [6, 6.07) is 18.7. The van der Waals surface area contributed by atoms with Gasteiger partial charge in [0.1, 0.15) is 11.5 Å². The van der Waals surface area contributed by atoms with Crippen LogP contribution in [0.1, 0.15) is 15.9 Å². The number of carbonyl (C=O) groups is 3. The van der Waals surface area contributed by atoms with Crippen LogP contribution in [0.3, 0.4) is 0 Å². The minimum Gasteiger partial charge on any atom is -0.495 e. The molecule has 0 aliphatic carbocycles. The second-order valence-electron chi connectivity index (χ2n) is 7.46. The van der Waals surface area contributed by atoms with Crippen LogP contribution in [0.15, 0.2) is 66.7 Å². The van der Waals surface area contributed by atoms with Gasteiger partial charge < -0.3 is 24.3 Å². The number of carbonyl (C=O) groups excluding carboxylic acids is 3. The van der Waals surface area contributed by atoms with Crippen molar-refractivity contribution in [1.29, 1.82) is 0 Å². The lowest BCUT2D eigenvalue weighted by atomic mass is 10.2. The molecule has 0 aliphatic rings. The Kier molecular flexibility index (Phi) is 9.10. The van der Waals surface area contributed by atoms with Crippen LogP contribution in [-0.2, 0) is 9.59 Å². The lowest BCUT2D eigenvalue weighted by Crippen LogP contribution is -2.43. The summed E-state index contributed by atoms with van der Waals surface area (Å²) in [5.41, 5.74) is 6.22. The van der Waals surface area contributed by atoms with Crippen molar-refractivity contribution < 1.29 is 33.3 Å². The molecule has 188 valence electrons. The molecule has 0 heterocycles. The van der Waals surface area contributed by atoms with Gasteiger partial charge in [0.05, 0.1) is 19.9 Å². The lowest BCUT2D eigenvalue weighted by molar-refractivity contribution is -0.123. The minimum absolute atomic E-state index is 0.206. The molecule has 0 aromatic heterocycles. The highest BCUT2D eigenvalue weighted by molar-refractivity contribution is 5.96. The number of para-hydroxylation sites is 3. The number of ether oxygens (including phenoxy) is 4. The van der Waals surface area contributed by atoms with Crippen molar-refractivity contribution in [2.75, 3.05) is 32.8 Å². The average Bonchev–Trinajstić information content (AvgIpc) is 2.90. The predicted molar refractivity (Wildman–Crippen MR) is 132 cm³/mol. The first-order valence-electron chi connectivity index (χ1n) is 10.9. The molecule has 10 heteroatoms. The number of hydrogen-bond donors (Lipinski definition) is 3. The van der Waals surface area contributed by atoms with Gasteiger partial charge in [-0.25, -0.2) is 0 Å². The van der Waals surface area contributed by atoms with Crippen LogP contribution in [-0.4, -0.2) is 45.2 Å². The molecule has 36 heavy (non-hydrogen) atoms. The number of anilines is 1. The van der Waals surface area contributed by atoms with Gasteiger partial charge in [0, 0.05) is 5.56 Å². The second kappa shape index (κ2) is 12.7. The second-order valence-corrected chi connectivity index (χ2v) is 7.46. The summed E-state index contributed by atoms with van der Waals surface area (Å²) in [4.78, 5) is 36.8. The molecule has 3 rings (SSSR count). The molecule has 3 aromatic rings. The number of methoxy groups -OCH3 is 2. The van der Waals surface area contributed by atoms with Crippen LogP contribution in [0.4, 0.5) is 5.69 Å². The molecule has 0 spiro atoms. The highest BCUT2D eigenvalue weighted by atomic mass is 16.5. The molecule has 10 nitrogen and oxygen atoms in total. The van der Waals surface area contributed by atoms with Gasteiger partial charge in [0.2, 0.25) is 0 Å². The number of amides is 3. The van der Waals surface area contributed by atoms with Crippen molar-refractivity contribution in [3.63, 3.8) is 0 Å². The minimum atomic E-state index is -0.571. The van der Waals surface area contributed by atoms with Gasteiger partial charge in [0.15, 0.2) is 24.7 Å². The quantitative estimate of drug-likeness (QED) is 0.371. The number of nitrogens with one attached hydrogen (secondary N) is 3. The summed E-state index contributed by atoms with van der Waals surface area (Å²) in [7, 11) is 2.91. The van der Waals surface area contributed by atoms with Gasteiger partial charge in [-0.1, -0.05) is 30.3 Å². The van der Waals surface area contributed by atoms with Crippen molar-refractivity contribution in [2.45, 2.75) is 6.92 Å². The van der Waals surface area contributed by atoms with Crippen molar-refractivity contribution in [3.8, 4) is 23.0 Å². The molecule has 0 atom stereocenters. The third-order valence-corrected chi connectivity index (χ3v) is 4.93. The Balaban J connectivity index is 1.51. The summed E-state index contributed by atoms with van der Waals surface area (Å²) in [6.45, 7) is 1.30. The molecular formula is C26H27N3O7. The van der Waals surface area contributed by atoms with E-state index in [1.807, 2.05) is 19.1 Å². The standard InChI is InChI=1S/C26H27N3O7/c1-17-8-4-6-10-20(17)35-16-25(31)28-29-26(32)18-12-13-22(23(14-18)34-3)36-15-24(30)27-19-9-5-7-11-21(19)33-2/h4-14H,15-16H2,1-3H3,(H,27,30)(H,28,31)(H,29,32). The zero-order chi connectivity index (χ0) is 25.9. The molecule has 0 saturated heterocycles. The fourth-order valence-corrected chi connectivity index (χ4v) is 3.10. The van der Waals surface area contributed by atoms with E-state index < -0.39 is 17.7 Å². The van der Waals surface area contributed by atoms with Gasteiger partial charge in [-0.2, -0.15) is 0 Å². The Morgan fingerprint density at radius 3 is 2.06 bits per heavy atom. The van der Waals surface area contributed by atoms with Gasteiger partial charge in [-0.3, -0.25) is 25.2 Å². The molecule has 0 radical (unpaired) electrons. The van der Waals surface area contributed by atoms with E-state index in [0.29, 0.717) is 17.2 Å². The van der Waals surface area contributed by atoms with Crippen molar-refractivity contribution >= 4 is 23.4 Å². The molecule has 0 unspecified atom stereocenters. The van der Waals surface area contributed by atoms with E-state index in [1.54, 1.807) is 36.4 Å². The SMILES string of the molecule is COc1ccccc1NC(=O)COc1ccc(C(=O)NNC(=O)COc2ccccc2C)cc1OC. The van der Waals surface area contributed by atoms with E-state index in [2.05, 4.69) is 16.2 Å². The topological polar surface area (TPSA) is 124 Å². The fraction of sp³-hybridized carbons (Fsp3) is 0.192. The first-order chi connectivity index (χ1) is 17.4. The summed E-state index contributed by atoms with van der Waals surface area (Å²) in [6.07, 6.45) is 0. The predicted octanol–water partition coefficient (Wildman–Crippen LogP) is 2.87. The Morgan fingerprint density at radius 1 is 0.694 bits per heavy atom. The van der Waals surface area contributed by atoms with E-state index in [9.17, 15) is 14.4 Å². The van der Waals surface area contributed by atoms with Crippen LogP contribution in [0, 0.1) is 6.92 Å². The molecule has 0 aliphatic heterocycles. The third kappa shape index (κ3) is 7.13. The van der Waals surface area contributed by atoms with Crippen LogP contribution in [0.25, 0.3) is 0 Å². The molecule has 3 amide bonds. The highest BCUT2D eigenvalue weighted by Crippen LogP contribution is 2.28. The number of hydrogen-bond acceptors (Lipinski definition) is 7. The Bertz CT molecular complexity index is 1230. The monoisotopic (exact) mass is 493 g/mol. The molecule has 3 aromatic carbocycles. The van der Waals surface area contributed by atoms with Gasteiger partial charge in [0.25, 0.3) is 17.7 Å². The maximum Gasteiger partial charge on any atom is 0.276 e. The van der Waals surface area contributed by atoms with E-state index in [1.165, 1.54) is 32.4 Å². The maximum absolute atomic E-state index is 12.4. The zero-order valence-corrected chi connectivity index (χ0v) is 20.1. The van der Waals surface area contributed by atoms with E-state index in [4.69, 9.17) is 18.9 Å². The van der Waals surface area contributed by atoms with E-state index in [-0.39, 0.29) is 30.3 Å². The Hall–Kier alpha value is -4.73. The van der Waals surface area contributed by atoms with Crippen LogP contribution < -0.4 is 35.1 Å². The van der Waals surface area contributed by atoms with Crippen molar-refractivity contribution in [2.24, 2.45) is 0 Å². The number of rotatable bonds is 10. The van der Waals surface area contributed by atoms with Crippen LogP contribution in [0.2, 0.25) is 0 Å². The smallest absolute Gasteiger partial charge is 0.276 e. The summed E-state index contributed by atoms with van der Waals surface area (Å²) in [5.74, 6) is 0.0990. The van der Waals surface area contributed by atoms with Crippen LogP contribution >= 0.6 is 0 Å². The third-order valence-electron chi connectivity index (χ3n) is 4.93. The summed E-state index contributed by atoms with van der Waals surface area (Å²) >= 11 is 0. The average molecular weight is 494 g/mol.